The molecule has 2 aromatic heterocycles. The summed E-state index contributed by atoms with van der Waals surface area (Å²) in [5.41, 5.74) is 0.174. The minimum absolute atomic E-state index is 0.000585. The standard InChI is InChI=1S/C29H25F2N3O6S/c1-38-21-12-20-22(11-17(21)27(35)36)41-29(32-20)34-14-7-8-15(34)10-16(9-14)39-28(37)24-25(33-40-26(24)13-5-6-13)23-18(30)3-2-4-19(23)31/h2-4,11-16H,5-10H2,1H3,(H,35,36). The van der Waals surface area contributed by atoms with Crippen molar-refractivity contribution >= 4 is 38.6 Å². The summed E-state index contributed by atoms with van der Waals surface area (Å²) in [4.78, 5) is 32.2. The number of aromatic nitrogens is 2. The van der Waals surface area contributed by atoms with Crippen LogP contribution in [0.25, 0.3) is 21.5 Å². The minimum atomic E-state index is -1.07. The Bertz CT molecular complexity index is 1660. The molecule has 4 heterocycles. The van der Waals surface area contributed by atoms with Crippen LogP contribution in [-0.4, -0.2) is 52.5 Å². The lowest BCUT2D eigenvalue weighted by molar-refractivity contribution is 0.0202. The third kappa shape index (κ3) is 4.41. The van der Waals surface area contributed by atoms with Crippen molar-refractivity contribution in [1.82, 2.24) is 10.1 Å². The first-order chi connectivity index (χ1) is 19.8. The minimum Gasteiger partial charge on any atom is -0.496 e. The number of fused-ring (bicyclic) bond motifs is 3. The number of hydrogen-bond acceptors (Lipinski definition) is 9. The van der Waals surface area contributed by atoms with Gasteiger partial charge in [0.05, 0.1) is 22.9 Å². The van der Waals surface area contributed by atoms with Crippen molar-refractivity contribution in [3.05, 3.63) is 58.9 Å². The number of ether oxygens (including phenoxy) is 2. The van der Waals surface area contributed by atoms with Gasteiger partial charge >= 0.3 is 11.9 Å². The van der Waals surface area contributed by atoms with Crippen LogP contribution in [0.3, 0.4) is 0 Å². The van der Waals surface area contributed by atoms with Crippen LogP contribution in [0.5, 0.6) is 5.75 Å². The molecule has 4 aromatic rings. The number of carboxylic acids is 1. The average molecular weight is 582 g/mol. The molecular weight excluding hydrogens is 556 g/mol. The summed E-state index contributed by atoms with van der Waals surface area (Å²) in [7, 11) is 1.43. The van der Waals surface area contributed by atoms with Gasteiger partial charge in [0.25, 0.3) is 0 Å². The van der Waals surface area contributed by atoms with E-state index in [1.165, 1.54) is 24.5 Å². The number of esters is 1. The number of hydrogen-bond donors (Lipinski definition) is 1. The van der Waals surface area contributed by atoms with E-state index in [-0.39, 0.29) is 40.6 Å². The second-order valence-corrected chi connectivity index (χ2v) is 11.8. The molecule has 2 atom stereocenters. The molecule has 41 heavy (non-hydrogen) atoms. The van der Waals surface area contributed by atoms with Crippen LogP contribution in [0.15, 0.2) is 34.9 Å². The maximum Gasteiger partial charge on any atom is 0.344 e. The lowest BCUT2D eigenvalue weighted by Gasteiger charge is -2.38. The summed E-state index contributed by atoms with van der Waals surface area (Å²) in [6.45, 7) is 0. The number of carbonyl (C=O) groups excluding carboxylic acids is 1. The predicted molar refractivity (Wildman–Crippen MR) is 145 cm³/mol. The van der Waals surface area contributed by atoms with Crippen molar-refractivity contribution in [2.24, 2.45) is 0 Å². The van der Waals surface area contributed by atoms with Gasteiger partial charge in [0.15, 0.2) is 10.9 Å². The van der Waals surface area contributed by atoms with Crippen LogP contribution in [-0.2, 0) is 4.74 Å². The van der Waals surface area contributed by atoms with Crippen molar-refractivity contribution < 1.29 is 37.5 Å². The van der Waals surface area contributed by atoms with Crippen molar-refractivity contribution in [3.8, 4) is 17.0 Å². The van der Waals surface area contributed by atoms with E-state index in [9.17, 15) is 23.5 Å². The number of carboxylic acid groups (broad SMARTS) is 1. The van der Waals surface area contributed by atoms with Crippen molar-refractivity contribution in [1.29, 1.82) is 0 Å². The Morgan fingerprint density at radius 1 is 1.10 bits per heavy atom. The Hall–Kier alpha value is -4.06. The van der Waals surface area contributed by atoms with Gasteiger partial charge in [-0.3, -0.25) is 0 Å². The molecule has 12 heteroatoms. The molecule has 3 fully saturated rings. The van der Waals surface area contributed by atoms with Crippen molar-refractivity contribution in [2.45, 2.75) is 62.6 Å². The van der Waals surface area contributed by atoms with Gasteiger partial charge in [-0.2, -0.15) is 0 Å². The fourth-order valence-electron chi connectivity index (χ4n) is 6.15. The molecule has 3 aliphatic rings. The Balaban J connectivity index is 1.14. The van der Waals surface area contributed by atoms with Crippen LogP contribution in [0.2, 0.25) is 0 Å². The number of thiazole rings is 1. The number of halogens is 2. The Morgan fingerprint density at radius 2 is 1.80 bits per heavy atom. The largest absolute Gasteiger partial charge is 0.496 e. The van der Waals surface area contributed by atoms with Crippen molar-refractivity contribution in [2.75, 3.05) is 12.0 Å². The fourth-order valence-corrected chi connectivity index (χ4v) is 7.28. The van der Waals surface area contributed by atoms with Gasteiger partial charge in [-0.15, -0.1) is 0 Å². The number of methoxy groups -OCH3 is 1. The van der Waals surface area contributed by atoms with Crippen LogP contribution >= 0.6 is 11.3 Å². The highest BCUT2D eigenvalue weighted by Gasteiger charge is 2.45. The summed E-state index contributed by atoms with van der Waals surface area (Å²) in [6.07, 6.45) is 4.13. The van der Waals surface area contributed by atoms with E-state index in [1.54, 1.807) is 12.1 Å². The summed E-state index contributed by atoms with van der Waals surface area (Å²) < 4.78 is 46.7. The SMILES string of the molecule is COc1cc2nc(N3C4CCC3CC(OC(=O)c3c(-c5c(F)cccc5F)noc3C3CC3)C4)sc2cc1C(=O)O. The molecule has 9 nitrogen and oxygen atoms in total. The highest BCUT2D eigenvalue weighted by atomic mass is 32.1. The van der Waals surface area contributed by atoms with Crippen LogP contribution in [0.1, 0.15) is 70.9 Å². The van der Waals surface area contributed by atoms with Gasteiger partial charge in [-0.1, -0.05) is 22.6 Å². The summed E-state index contributed by atoms with van der Waals surface area (Å²) >= 11 is 1.43. The van der Waals surface area contributed by atoms with Gasteiger partial charge < -0.3 is 24.0 Å². The molecule has 2 aliphatic heterocycles. The number of aromatic carboxylic acids is 1. The van der Waals surface area contributed by atoms with Crippen LogP contribution in [0, 0.1) is 11.6 Å². The third-order valence-corrected chi connectivity index (χ3v) is 9.22. The zero-order valence-corrected chi connectivity index (χ0v) is 22.7. The predicted octanol–water partition coefficient (Wildman–Crippen LogP) is 6.17. The first-order valence-electron chi connectivity index (χ1n) is 13.5. The van der Waals surface area contributed by atoms with Crippen molar-refractivity contribution in [3.63, 3.8) is 0 Å². The first kappa shape index (κ1) is 25.9. The first-order valence-corrected chi connectivity index (χ1v) is 14.3. The number of benzene rings is 2. The molecule has 2 aromatic carbocycles. The molecule has 1 aliphatic carbocycles. The quantitative estimate of drug-likeness (QED) is 0.256. The van der Waals surface area contributed by atoms with E-state index in [4.69, 9.17) is 19.0 Å². The van der Waals surface area contributed by atoms with E-state index in [0.717, 1.165) is 47.6 Å². The normalized spacial score (nSPS) is 21.8. The molecule has 0 amide bonds. The fraction of sp³-hybridized carbons (Fsp3) is 0.379. The van der Waals surface area contributed by atoms with E-state index in [2.05, 4.69) is 10.1 Å². The highest BCUT2D eigenvalue weighted by Crippen LogP contribution is 2.46. The smallest absolute Gasteiger partial charge is 0.344 e. The molecular formula is C29H25F2N3O6S. The molecule has 2 saturated heterocycles. The van der Waals surface area contributed by atoms with E-state index < -0.39 is 35.2 Å². The summed E-state index contributed by atoms with van der Waals surface area (Å²) in [5, 5.41) is 14.2. The number of rotatable bonds is 7. The molecule has 0 spiro atoms. The zero-order valence-electron chi connectivity index (χ0n) is 21.9. The summed E-state index contributed by atoms with van der Waals surface area (Å²) in [5.74, 6) is -2.86. The van der Waals surface area contributed by atoms with E-state index in [0.29, 0.717) is 24.1 Å². The maximum atomic E-state index is 14.6. The third-order valence-electron chi connectivity index (χ3n) is 8.18. The molecule has 1 saturated carbocycles. The van der Waals surface area contributed by atoms with Gasteiger partial charge in [0, 0.05) is 36.9 Å². The lowest BCUT2D eigenvalue weighted by atomic mass is 9.99. The lowest BCUT2D eigenvalue weighted by Crippen LogP contribution is -2.46. The zero-order chi connectivity index (χ0) is 28.4. The Morgan fingerprint density at radius 3 is 2.44 bits per heavy atom. The second kappa shape index (κ2) is 9.79. The number of anilines is 1. The Kier molecular flexibility index (Phi) is 6.18. The second-order valence-electron chi connectivity index (χ2n) is 10.8. The summed E-state index contributed by atoms with van der Waals surface area (Å²) in [6, 6.07) is 6.86. The van der Waals surface area contributed by atoms with Gasteiger partial charge in [-0.05, 0) is 43.9 Å². The number of nitrogens with zero attached hydrogens (tertiary/aromatic N) is 3. The van der Waals surface area contributed by atoms with E-state index >= 15 is 0 Å². The topological polar surface area (TPSA) is 115 Å². The molecule has 0 radical (unpaired) electrons. The van der Waals surface area contributed by atoms with Crippen LogP contribution in [0.4, 0.5) is 13.9 Å². The molecule has 212 valence electrons. The van der Waals surface area contributed by atoms with Gasteiger partial charge in [0.1, 0.15) is 40.3 Å². The monoisotopic (exact) mass is 581 g/mol. The van der Waals surface area contributed by atoms with E-state index in [1.807, 2.05) is 0 Å². The number of carbonyl (C=O) groups is 2. The molecule has 7 rings (SSSR count). The average Bonchev–Trinajstić information content (AvgIpc) is 3.46. The van der Waals surface area contributed by atoms with Gasteiger partial charge in [0.2, 0.25) is 0 Å². The highest BCUT2D eigenvalue weighted by molar-refractivity contribution is 7.22. The Labute approximate surface area is 236 Å². The van der Waals surface area contributed by atoms with Gasteiger partial charge in [-0.25, -0.2) is 23.4 Å². The maximum absolute atomic E-state index is 14.6. The molecule has 2 bridgehead atoms. The van der Waals surface area contributed by atoms with Crippen LogP contribution < -0.4 is 9.64 Å². The molecule has 2 unspecified atom stereocenters. The molecule has 1 N–H and O–H groups in total. The number of piperidine rings is 1.